The molecular formula is C8H20ClNO2. The fourth-order valence-corrected chi connectivity index (χ4v) is 0.963. The average molecular weight is 198 g/mol. The maximum absolute atomic E-state index is 9.02. The van der Waals surface area contributed by atoms with Crippen molar-refractivity contribution in [1.82, 2.24) is 4.90 Å². The summed E-state index contributed by atoms with van der Waals surface area (Å²) in [5, 5.41) is 17.5. The van der Waals surface area contributed by atoms with E-state index >= 15 is 0 Å². The van der Waals surface area contributed by atoms with Crippen LogP contribution in [0.2, 0.25) is 0 Å². The van der Waals surface area contributed by atoms with E-state index < -0.39 is 6.10 Å². The van der Waals surface area contributed by atoms with Crippen molar-refractivity contribution in [2.75, 3.05) is 26.2 Å². The molecule has 0 fully saturated rings. The first-order valence-electron chi connectivity index (χ1n) is 4.25. The van der Waals surface area contributed by atoms with Gasteiger partial charge >= 0.3 is 0 Å². The summed E-state index contributed by atoms with van der Waals surface area (Å²) in [5.41, 5.74) is 0. The zero-order valence-corrected chi connectivity index (χ0v) is 8.68. The predicted octanol–water partition coefficient (Wildman–Crippen LogP) is 0.493. The second-order valence-corrected chi connectivity index (χ2v) is 2.65. The number of rotatable bonds is 6. The van der Waals surface area contributed by atoms with Crippen molar-refractivity contribution in [2.45, 2.75) is 26.4 Å². The highest BCUT2D eigenvalue weighted by atomic mass is 35.5. The topological polar surface area (TPSA) is 43.7 Å². The van der Waals surface area contributed by atoms with Crippen molar-refractivity contribution in [3.8, 4) is 0 Å². The molecule has 4 heteroatoms. The molecule has 0 aliphatic heterocycles. The normalized spacial score (nSPS) is 12.8. The molecule has 0 aliphatic carbocycles. The third kappa shape index (κ3) is 6.85. The monoisotopic (exact) mass is 197 g/mol. The van der Waals surface area contributed by atoms with E-state index in [4.69, 9.17) is 10.2 Å². The molecule has 0 saturated carbocycles. The van der Waals surface area contributed by atoms with Crippen LogP contribution in [0.15, 0.2) is 0 Å². The predicted molar refractivity (Wildman–Crippen MR) is 52.7 cm³/mol. The van der Waals surface area contributed by atoms with Gasteiger partial charge in [-0.3, -0.25) is 0 Å². The quantitative estimate of drug-likeness (QED) is 0.652. The van der Waals surface area contributed by atoms with E-state index in [0.29, 0.717) is 6.42 Å². The summed E-state index contributed by atoms with van der Waals surface area (Å²) in [7, 11) is 0. The second kappa shape index (κ2) is 9.26. The van der Waals surface area contributed by atoms with Crippen LogP contribution in [-0.2, 0) is 0 Å². The van der Waals surface area contributed by atoms with Crippen LogP contribution in [0.1, 0.15) is 20.3 Å². The van der Waals surface area contributed by atoms with Crippen LogP contribution in [0.25, 0.3) is 0 Å². The van der Waals surface area contributed by atoms with Crippen molar-refractivity contribution >= 4 is 12.4 Å². The smallest absolute Gasteiger partial charge is 0.0783 e. The first-order valence-corrected chi connectivity index (χ1v) is 4.25. The van der Waals surface area contributed by atoms with Crippen molar-refractivity contribution < 1.29 is 10.2 Å². The largest absolute Gasteiger partial charge is 0.394 e. The first-order chi connectivity index (χ1) is 5.24. The van der Waals surface area contributed by atoms with Crippen molar-refractivity contribution in [3.63, 3.8) is 0 Å². The van der Waals surface area contributed by atoms with Gasteiger partial charge in [0.15, 0.2) is 0 Å². The Kier molecular flexibility index (Phi) is 11.3. The molecule has 0 aromatic heterocycles. The summed E-state index contributed by atoms with van der Waals surface area (Å²) in [6.07, 6.45) is 0.119. The fraction of sp³-hybridized carbons (Fsp3) is 1.00. The average Bonchev–Trinajstić information content (AvgIpc) is 2.06. The van der Waals surface area contributed by atoms with E-state index in [9.17, 15) is 0 Å². The lowest BCUT2D eigenvalue weighted by atomic mass is 10.2. The van der Waals surface area contributed by atoms with E-state index in [0.717, 1.165) is 19.6 Å². The highest BCUT2D eigenvalue weighted by molar-refractivity contribution is 5.85. The van der Waals surface area contributed by atoms with E-state index in [-0.39, 0.29) is 19.0 Å². The molecule has 76 valence electrons. The summed E-state index contributed by atoms with van der Waals surface area (Å²) < 4.78 is 0. The van der Waals surface area contributed by atoms with Crippen LogP contribution in [-0.4, -0.2) is 47.5 Å². The molecule has 0 heterocycles. The van der Waals surface area contributed by atoms with Gasteiger partial charge in [-0.25, -0.2) is 0 Å². The van der Waals surface area contributed by atoms with Crippen molar-refractivity contribution in [1.29, 1.82) is 0 Å². The Bertz CT molecular complexity index is 89.1. The number of nitrogens with zero attached hydrogens (tertiary/aromatic N) is 1. The third-order valence-electron chi connectivity index (χ3n) is 1.88. The van der Waals surface area contributed by atoms with Crippen molar-refractivity contribution in [2.24, 2.45) is 0 Å². The molecule has 3 nitrogen and oxygen atoms in total. The molecule has 0 saturated heterocycles. The molecule has 0 radical (unpaired) electrons. The van der Waals surface area contributed by atoms with Crippen LogP contribution in [0.5, 0.6) is 0 Å². The Morgan fingerprint density at radius 1 is 1.25 bits per heavy atom. The zero-order chi connectivity index (χ0) is 8.69. The summed E-state index contributed by atoms with van der Waals surface area (Å²) >= 11 is 0. The minimum Gasteiger partial charge on any atom is -0.394 e. The number of aliphatic hydroxyl groups is 2. The van der Waals surface area contributed by atoms with Gasteiger partial charge in [0.05, 0.1) is 12.7 Å². The van der Waals surface area contributed by atoms with Gasteiger partial charge in [0.25, 0.3) is 0 Å². The van der Waals surface area contributed by atoms with Gasteiger partial charge in [-0.15, -0.1) is 12.4 Å². The lowest BCUT2D eigenvalue weighted by Gasteiger charge is -2.18. The zero-order valence-electron chi connectivity index (χ0n) is 7.86. The molecular weight excluding hydrogens is 178 g/mol. The Morgan fingerprint density at radius 3 is 2.08 bits per heavy atom. The molecule has 0 aromatic rings. The Balaban J connectivity index is 0. The van der Waals surface area contributed by atoms with E-state index in [1.54, 1.807) is 0 Å². The third-order valence-corrected chi connectivity index (χ3v) is 1.88. The molecule has 0 unspecified atom stereocenters. The Morgan fingerprint density at radius 2 is 1.75 bits per heavy atom. The van der Waals surface area contributed by atoms with Crippen molar-refractivity contribution in [3.05, 3.63) is 0 Å². The maximum Gasteiger partial charge on any atom is 0.0783 e. The SMILES string of the molecule is CCN(CC)CC[C@H](O)CO.Cl. The van der Waals surface area contributed by atoms with E-state index in [2.05, 4.69) is 18.7 Å². The number of halogens is 1. The lowest BCUT2D eigenvalue weighted by Crippen LogP contribution is -2.28. The molecule has 2 N–H and O–H groups in total. The van der Waals surface area contributed by atoms with Crippen LogP contribution in [0, 0.1) is 0 Å². The molecule has 0 aromatic carbocycles. The van der Waals surface area contributed by atoms with Crippen LogP contribution in [0.4, 0.5) is 0 Å². The van der Waals surface area contributed by atoms with Crippen LogP contribution < -0.4 is 0 Å². The summed E-state index contributed by atoms with van der Waals surface area (Å²) in [5.74, 6) is 0. The van der Waals surface area contributed by atoms with Gasteiger partial charge in [0.1, 0.15) is 0 Å². The lowest BCUT2D eigenvalue weighted by molar-refractivity contribution is 0.0784. The van der Waals surface area contributed by atoms with Gasteiger partial charge in [-0.1, -0.05) is 13.8 Å². The van der Waals surface area contributed by atoms with Crippen LogP contribution >= 0.6 is 12.4 Å². The van der Waals surface area contributed by atoms with Gasteiger partial charge in [0.2, 0.25) is 0 Å². The van der Waals surface area contributed by atoms with Gasteiger partial charge in [0, 0.05) is 6.54 Å². The molecule has 1 atom stereocenters. The Labute approximate surface area is 80.8 Å². The molecule has 0 aliphatic rings. The highest BCUT2D eigenvalue weighted by Crippen LogP contribution is 1.94. The van der Waals surface area contributed by atoms with Gasteiger partial charge in [-0.05, 0) is 19.5 Å². The maximum atomic E-state index is 9.02. The molecule has 0 spiro atoms. The number of hydrogen-bond donors (Lipinski definition) is 2. The minimum absolute atomic E-state index is 0. The minimum atomic E-state index is -0.546. The Hall–Kier alpha value is 0.170. The molecule has 12 heavy (non-hydrogen) atoms. The number of hydrogen-bond acceptors (Lipinski definition) is 3. The molecule has 0 rings (SSSR count). The van der Waals surface area contributed by atoms with Gasteiger partial charge in [-0.2, -0.15) is 0 Å². The van der Waals surface area contributed by atoms with E-state index in [1.165, 1.54) is 0 Å². The summed E-state index contributed by atoms with van der Waals surface area (Å²) in [6.45, 7) is 6.95. The summed E-state index contributed by atoms with van der Waals surface area (Å²) in [4.78, 5) is 2.22. The second-order valence-electron chi connectivity index (χ2n) is 2.65. The van der Waals surface area contributed by atoms with Gasteiger partial charge < -0.3 is 15.1 Å². The van der Waals surface area contributed by atoms with E-state index in [1.807, 2.05) is 0 Å². The fourth-order valence-electron chi connectivity index (χ4n) is 0.963. The highest BCUT2D eigenvalue weighted by Gasteiger charge is 2.04. The number of aliphatic hydroxyl groups excluding tert-OH is 2. The molecule has 0 bridgehead atoms. The first kappa shape index (κ1) is 14.7. The van der Waals surface area contributed by atoms with Crippen LogP contribution in [0.3, 0.4) is 0 Å². The molecule has 0 amide bonds. The standard InChI is InChI=1S/C8H19NO2.ClH/c1-3-9(4-2)6-5-8(11)7-10;/h8,10-11H,3-7H2,1-2H3;1H/t8-;/m0./s1. The summed E-state index contributed by atoms with van der Waals surface area (Å²) in [6, 6.07) is 0.